The van der Waals surface area contributed by atoms with Crippen molar-refractivity contribution in [2.75, 3.05) is 4.72 Å². The standard InChI is InChI=1S/C27H24N2O3S/c1-20-15-17-22(18-16-20)26(21-9-4-2-5-10-21)28-27(30)23-11-8-12-24(19-23)29-33(31,32)25-13-6-3-7-14-25/h2-19,26,29H,1H3,(H,28,30)/t26-/m1/s1. The summed E-state index contributed by atoms with van der Waals surface area (Å²) in [6.07, 6.45) is 0. The molecule has 4 rings (SSSR count). The number of hydrogen-bond donors (Lipinski definition) is 2. The third kappa shape index (κ3) is 5.48. The maximum Gasteiger partial charge on any atom is 0.261 e. The van der Waals surface area contributed by atoms with Crippen LogP contribution in [0, 0.1) is 6.92 Å². The number of hydrogen-bond acceptors (Lipinski definition) is 3. The van der Waals surface area contributed by atoms with Crippen LogP contribution < -0.4 is 10.0 Å². The molecule has 0 unspecified atom stereocenters. The van der Waals surface area contributed by atoms with Gasteiger partial charge in [-0.1, -0.05) is 84.4 Å². The van der Waals surface area contributed by atoms with Crippen LogP contribution in [0.25, 0.3) is 0 Å². The quantitative estimate of drug-likeness (QED) is 0.395. The molecule has 5 nitrogen and oxygen atoms in total. The second kappa shape index (κ2) is 9.71. The summed E-state index contributed by atoms with van der Waals surface area (Å²) in [4.78, 5) is 13.3. The predicted molar refractivity (Wildman–Crippen MR) is 131 cm³/mol. The van der Waals surface area contributed by atoms with Crippen LogP contribution >= 0.6 is 0 Å². The fourth-order valence-corrected chi connectivity index (χ4v) is 4.59. The van der Waals surface area contributed by atoms with E-state index in [2.05, 4.69) is 10.0 Å². The molecule has 0 radical (unpaired) electrons. The van der Waals surface area contributed by atoms with Gasteiger partial charge in [0, 0.05) is 11.3 Å². The summed E-state index contributed by atoms with van der Waals surface area (Å²) in [5.41, 5.74) is 3.72. The summed E-state index contributed by atoms with van der Waals surface area (Å²) in [7, 11) is -3.75. The summed E-state index contributed by atoms with van der Waals surface area (Å²) in [5.74, 6) is -0.301. The summed E-state index contributed by atoms with van der Waals surface area (Å²) in [5, 5.41) is 3.09. The lowest BCUT2D eigenvalue weighted by atomic mass is 9.97. The minimum absolute atomic E-state index is 0.156. The summed E-state index contributed by atoms with van der Waals surface area (Å²) in [6.45, 7) is 2.02. The number of carbonyl (C=O) groups excluding carboxylic acids is 1. The molecule has 1 amide bonds. The zero-order chi connectivity index (χ0) is 23.3. The number of sulfonamides is 1. The van der Waals surface area contributed by atoms with Gasteiger partial charge < -0.3 is 5.32 Å². The number of amides is 1. The van der Waals surface area contributed by atoms with E-state index < -0.39 is 10.0 Å². The fourth-order valence-electron chi connectivity index (χ4n) is 3.52. The van der Waals surface area contributed by atoms with Crippen LogP contribution in [0.2, 0.25) is 0 Å². The summed E-state index contributed by atoms with van der Waals surface area (Å²) in [6, 6.07) is 32.0. The van der Waals surface area contributed by atoms with E-state index >= 15 is 0 Å². The van der Waals surface area contributed by atoms with Crippen molar-refractivity contribution in [1.29, 1.82) is 0 Å². The van der Waals surface area contributed by atoms with Crippen molar-refractivity contribution < 1.29 is 13.2 Å². The molecule has 0 aliphatic rings. The first-order valence-electron chi connectivity index (χ1n) is 10.5. The van der Waals surface area contributed by atoms with Crippen molar-refractivity contribution in [3.63, 3.8) is 0 Å². The molecule has 4 aromatic rings. The first-order chi connectivity index (χ1) is 15.9. The Bertz CT molecular complexity index is 1340. The Morgan fingerprint density at radius 3 is 2.00 bits per heavy atom. The average Bonchev–Trinajstić information content (AvgIpc) is 2.84. The lowest BCUT2D eigenvalue weighted by Gasteiger charge is -2.20. The number of anilines is 1. The Kier molecular flexibility index (Phi) is 6.56. The van der Waals surface area contributed by atoms with Gasteiger partial charge >= 0.3 is 0 Å². The Hall–Kier alpha value is -3.90. The minimum Gasteiger partial charge on any atom is -0.341 e. The molecular weight excluding hydrogens is 432 g/mol. The second-order valence-corrected chi connectivity index (χ2v) is 9.41. The van der Waals surface area contributed by atoms with Gasteiger partial charge in [0.1, 0.15) is 0 Å². The van der Waals surface area contributed by atoms with Crippen molar-refractivity contribution in [1.82, 2.24) is 5.32 Å². The van der Waals surface area contributed by atoms with Gasteiger partial charge in [-0.25, -0.2) is 8.42 Å². The molecule has 0 spiro atoms. The van der Waals surface area contributed by atoms with E-state index in [0.717, 1.165) is 16.7 Å². The number of aryl methyl sites for hydroxylation is 1. The van der Waals surface area contributed by atoms with E-state index in [1.807, 2.05) is 61.5 Å². The zero-order valence-electron chi connectivity index (χ0n) is 18.1. The molecule has 0 bridgehead atoms. The third-order valence-corrected chi connectivity index (χ3v) is 6.65. The van der Waals surface area contributed by atoms with Gasteiger partial charge in [-0.15, -0.1) is 0 Å². The van der Waals surface area contributed by atoms with Crippen molar-refractivity contribution in [3.05, 3.63) is 131 Å². The van der Waals surface area contributed by atoms with Crippen LogP contribution in [-0.4, -0.2) is 14.3 Å². The van der Waals surface area contributed by atoms with Crippen LogP contribution in [0.15, 0.2) is 114 Å². The lowest BCUT2D eigenvalue weighted by Crippen LogP contribution is -2.29. The zero-order valence-corrected chi connectivity index (χ0v) is 18.9. The Labute approximate surface area is 194 Å². The highest BCUT2D eigenvalue weighted by Gasteiger charge is 2.19. The highest BCUT2D eigenvalue weighted by atomic mass is 32.2. The molecule has 0 heterocycles. The Balaban J connectivity index is 1.58. The smallest absolute Gasteiger partial charge is 0.261 e. The summed E-state index contributed by atoms with van der Waals surface area (Å²) >= 11 is 0. The fraction of sp³-hybridized carbons (Fsp3) is 0.0741. The van der Waals surface area contributed by atoms with Gasteiger partial charge in [0.05, 0.1) is 10.9 Å². The van der Waals surface area contributed by atoms with E-state index in [0.29, 0.717) is 11.3 Å². The predicted octanol–water partition coefficient (Wildman–Crippen LogP) is 5.32. The monoisotopic (exact) mass is 456 g/mol. The molecule has 33 heavy (non-hydrogen) atoms. The molecule has 166 valence electrons. The van der Waals surface area contributed by atoms with E-state index in [1.165, 1.54) is 18.2 Å². The van der Waals surface area contributed by atoms with E-state index in [1.54, 1.807) is 36.4 Å². The molecule has 0 saturated heterocycles. The van der Waals surface area contributed by atoms with E-state index in [9.17, 15) is 13.2 Å². The van der Waals surface area contributed by atoms with Gasteiger partial charge in [-0.05, 0) is 48.4 Å². The van der Waals surface area contributed by atoms with E-state index in [4.69, 9.17) is 0 Å². The molecule has 0 aliphatic carbocycles. The SMILES string of the molecule is Cc1ccc([C@H](NC(=O)c2cccc(NS(=O)(=O)c3ccccc3)c2)c2ccccc2)cc1. The lowest BCUT2D eigenvalue weighted by molar-refractivity contribution is 0.0943. The number of carbonyl (C=O) groups is 1. The largest absolute Gasteiger partial charge is 0.341 e. The maximum atomic E-state index is 13.2. The molecular formula is C27H24N2O3S. The van der Waals surface area contributed by atoms with Gasteiger partial charge in [0.15, 0.2) is 0 Å². The number of nitrogens with one attached hydrogen (secondary N) is 2. The van der Waals surface area contributed by atoms with Gasteiger partial charge in [0.2, 0.25) is 0 Å². The highest BCUT2D eigenvalue weighted by molar-refractivity contribution is 7.92. The molecule has 2 N–H and O–H groups in total. The van der Waals surface area contributed by atoms with Gasteiger partial charge in [-0.2, -0.15) is 0 Å². The average molecular weight is 457 g/mol. The van der Waals surface area contributed by atoms with Crippen LogP contribution in [0.4, 0.5) is 5.69 Å². The minimum atomic E-state index is -3.75. The molecule has 0 aliphatic heterocycles. The normalized spacial score (nSPS) is 12.0. The topological polar surface area (TPSA) is 75.3 Å². The van der Waals surface area contributed by atoms with Crippen molar-refractivity contribution in [2.45, 2.75) is 17.9 Å². The molecule has 1 atom stereocenters. The molecule has 0 saturated carbocycles. The Morgan fingerprint density at radius 2 is 1.33 bits per heavy atom. The molecule has 0 aromatic heterocycles. The Morgan fingerprint density at radius 1 is 0.727 bits per heavy atom. The number of benzene rings is 4. The maximum absolute atomic E-state index is 13.2. The van der Waals surface area contributed by atoms with Crippen molar-refractivity contribution in [3.8, 4) is 0 Å². The van der Waals surface area contributed by atoms with E-state index in [-0.39, 0.29) is 16.8 Å². The summed E-state index contributed by atoms with van der Waals surface area (Å²) < 4.78 is 27.8. The molecule has 4 aromatic carbocycles. The van der Waals surface area contributed by atoms with Crippen LogP contribution in [-0.2, 0) is 10.0 Å². The van der Waals surface area contributed by atoms with Crippen LogP contribution in [0.5, 0.6) is 0 Å². The second-order valence-electron chi connectivity index (χ2n) is 7.73. The van der Waals surface area contributed by atoms with Gasteiger partial charge in [-0.3, -0.25) is 9.52 Å². The van der Waals surface area contributed by atoms with Crippen LogP contribution in [0.1, 0.15) is 33.1 Å². The number of rotatable bonds is 7. The van der Waals surface area contributed by atoms with Crippen LogP contribution in [0.3, 0.4) is 0 Å². The van der Waals surface area contributed by atoms with Crippen molar-refractivity contribution in [2.24, 2.45) is 0 Å². The molecule has 0 fully saturated rings. The first-order valence-corrected chi connectivity index (χ1v) is 12.0. The van der Waals surface area contributed by atoms with Gasteiger partial charge in [0.25, 0.3) is 15.9 Å². The first kappa shape index (κ1) is 22.3. The highest BCUT2D eigenvalue weighted by Crippen LogP contribution is 2.24. The third-order valence-electron chi connectivity index (χ3n) is 5.25. The molecule has 6 heteroatoms. The van der Waals surface area contributed by atoms with Crippen molar-refractivity contribution >= 4 is 21.6 Å².